The number of carbonyl (C=O) groups excluding carboxylic acids is 2. The summed E-state index contributed by atoms with van der Waals surface area (Å²) in [5, 5.41) is 0. The Hall–Kier alpha value is -2.69. The lowest BCUT2D eigenvalue weighted by Crippen LogP contribution is -2.27. The van der Waals surface area contributed by atoms with Gasteiger partial charge >= 0.3 is 5.97 Å². The van der Waals surface area contributed by atoms with Crippen LogP contribution in [0.2, 0.25) is 0 Å². The van der Waals surface area contributed by atoms with Crippen LogP contribution in [-0.4, -0.2) is 16.9 Å². The summed E-state index contributed by atoms with van der Waals surface area (Å²) in [5.41, 5.74) is 3.26. The summed E-state index contributed by atoms with van der Waals surface area (Å²) in [7, 11) is 0. The second-order valence-corrected chi connectivity index (χ2v) is 3.81. The third kappa shape index (κ3) is 3.92. The predicted octanol–water partition coefficient (Wildman–Crippen LogP) is 1.51. The van der Waals surface area contributed by atoms with Crippen LogP contribution in [0.5, 0.6) is 0 Å². The topological polar surface area (TPSA) is 68.3 Å². The fraction of sp³-hybridized carbons (Fsp3) is 0.0714. The number of carbonyl (C=O) groups is 2. The van der Waals surface area contributed by atoms with Gasteiger partial charge in [0.15, 0.2) is 0 Å². The molecule has 19 heavy (non-hydrogen) atoms. The predicted molar refractivity (Wildman–Crippen MR) is 67.9 cm³/mol. The van der Waals surface area contributed by atoms with Crippen LogP contribution in [0.25, 0.3) is 0 Å². The van der Waals surface area contributed by atoms with Crippen LogP contribution in [0.4, 0.5) is 0 Å². The number of nitrogens with one attached hydrogen (secondary N) is 1. The third-order valence-electron chi connectivity index (χ3n) is 2.36. The normalized spacial score (nSPS) is 9.68. The summed E-state index contributed by atoms with van der Waals surface area (Å²) >= 11 is 0. The molecule has 1 N–H and O–H groups in total. The Morgan fingerprint density at radius 1 is 1.11 bits per heavy atom. The SMILES string of the molecule is O=C(Cc1cccnc1)ONC(=O)c1ccccc1. The number of pyridine rings is 1. The maximum Gasteiger partial charge on any atom is 0.336 e. The maximum absolute atomic E-state index is 11.6. The molecule has 1 amide bonds. The van der Waals surface area contributed by atoms with Gasteiger partial charge in [0, 0.05) is 18.0 Å². The highest BCUT2D eigenvalue weighted by atomic mass is 16.7. The summed E-state index contributed by atoms with van der Waals surface area (Å²) in [6.07, 6.45) is 3.25. The van der Waals surface area contributed by atoms with E-state index < -0.39 is 11.9 Å². The van der Waals surface area contributed by atoms with Crippen LogP contribution >= 0.6 is 0 Å². The van der Waals surface area contributed by atoms with Gasteiger partial charge < -0.3 is 4.84 Å². The zero-order valence-corrected chi connectivity index (χ0v) is 10.1. The second kappa shape index (κ2) is 6.30. The average molecular weight is 256 g/mol. The van der Waals surface area contributed by atoms with Crippen molar-refractivity contribution < 1.29 is 14.4 Å². The number of hydroxylamine groups is 1. The largest absolute Gasteiger partial charge is 0.340 e. The van der Waals surface area contributed by atoms with Crippen molar-refractivity contribution in [1.29, 1.82) is 0 Å². The number of hydrogen-bond donors (Lipinski definition) is 1. The van der Waals surface area contributed by atoms with Crippen molar-refractivity contribution in [2.75, 3.05) is 0 Å². The first kappa shape index (κ1) is 12.8. The van der Waals surface area contributed by atoms with Crippen molar-refractivity contribution in [2.45, 2.75) is 6.42 Å². The Morgan fingerprint density at radius 2 is 1.89 bits per heavy atom. The van der Waals surface area contributed by atoms with Gasteiger partial charge in [-0.05, 0) is 23.8 Å². The molecule has 1 heterocycles. The van der Waals surface area contributed by atoms with Gasteiger partial charge in [-0.3, -0.25) is 9.78 Å². The lowest BCUT2D eigenvalue weighted by atomic mass is 10.2. The molecule has 2 rings (SSSR count). The Balaban J connectivity index is 1.83. The summed E-state index contributed by atoms with van der Waals surface area (Å²) < 4.78 is 0. The fourth-order valence-corrected chi connectivity index (χ4v) is 1.46. The second-order valence-electron chi connectivity index (χ2n) is 3.81. The molecule has 5 heteroatoms. The number of aromatic nitrogens is 1. The monoisotopic (exact) mass is 256 g/mol. The fourth-order valence-electron chi connectivity index (χ4n) is 1.46. The molecule has 2 aromatic rings. The zero-order chi connectivity index (χ0) is 13.5. The van der Waals surface area contributed by atoms with Crippen molar-refractivity contribution in [3.63, 3.8) is 0 Å². The number of nitrogens with zero attached hydrogens (tertiary/aromatic N) is 1. The molecule has 1 aromatic heterocycles. The van der Waals surface area contributed by atoms with E-state index >= 15 is 0 Å². The van der Waals surface area contributed by atoms with E-state index in [2.05, 4.69) is 10.5 Å². The van der Waals surface area contributed by atoms with E-state index in [9.17, 15) is 9.59 Å². The highest BCUT2D eigenvalue weighted by Crippen LogP contribution is 2.00. The molecule has 96 valence electrons. The molecule has 0 atom stereocenters. The van der Waals surface area contributed by atoms with Gasteiger partial charge in [-0.2, -0.15) is 5.48 Å². The minimum atomic E-state index is -0.544. The molecular weight excluding hydrogens is 244 g/mol. The summed E-state index contributed by atoms with van der Waals surface area (Å²) in [5.74, 6) is -1.00. The molecule has 0 aliphatic rings. The first-order valence-corrected chi connectivity index (χ1v) is 5.69. The van der Waals surface area contributed by atoms with Crippen molar-refractivity contribution in [3.05, 3.63) is 66.0 Å². The van der Waals surface area contributed by atoms with E-state index in [0.717, 1.165) is 5.56 Å². The average Bonchev–Trinajstić information content (AvgIpc) is 2.47. The van der Waals surface area contributed by atoms with Gasteiger partial charge in [0.25, 0.3) is 5.91 Å². The van der Waals surface area contributed by atoms with Crippen molar-refractivity contribution in [2.24, 2.45) is 0 Å². The molecule has 0 fully saturated rings. The molecule has 5 nitrogen and oxygen atoms in total. The van der Waals surface area contributed by atoms with Crippen LogP contribution in [-0.2, 0) is 16.1 Å². The Labute approximate surface area is 110 Å². The lowest BCUT2D eigenvalue weighted by Gasteiger charge is -2.05. The van der Waals surface area contributed by atoms with Crippen LogP contribution in [0, 0.1) is 0 Å². The van der Waals surface area contributed by atoms with Gasteiger partial charge in [-0.25, -0.2) is 4.79 Å². The van der Waals surface area contributed by atoms with Gasteiger partial charge in [0.2, 0.25) is 0 Å². The van der Waals surface area contributed by atoms with Crippen molar-refractivity contribution in [3.8, 4) is 0 Å². The van der Waals surface area contributed by atoms with Gasteiger partial charge in [-0.15, -0.1) is 0 Å². The highest BCUT2D eigenvalue weighted by molar-refractivity contribution is 5.94. The Bertz CT molecular complexity index is 555. The van der Waals surface area contributed by atoms with E-state index in [0.29, 0.717) is 5.56 Å². The highest BCUT2D eigenvalue weighted by Gasteiger charge is 2.09. The van der Waals surface area contributed by atoms with Crippen LogP contribution < -0.4 is 5.48 Å². The van der Waals surface area contributed by atoms with Gasteiger partial charge in [-0.1, -0.05) is 24.3 Å². The molecule has 0 aliphatic heterocycles. The smallest absolute Gasteiger partial charge is 0.336 e. The zero-order valence-electron chi connectivity index (χ0n) is 10.1. The van der Waals surface area contributed by atoms with E-state index in [4.69, 9.17) is 4.84 Å². The molecule has 0 saturated carbocycles. The number of amides is 1. The summed E-state index contributed by atoms with van der Waals surface area (Å²) in [4.78, 5) is 31.7. The molecule has 0 radical (unpaired) electrons. The minimum absolute atomic E-state index is 0.0584. The molecule has 1 aromatic carbocycles. The van der Waals surface area contributed by atoms with E-state index in [1.807, 2.05) is 0 Å². The summed E-state index contributed by atoms with van der Waals surface area (Å²) in [6.45, 7) is 0. The number of rotatable bonds is 3. The van der Waals surface area contributed by atoms with Crippen molar-refractivity contribution in [1.82, 2.24) is 10.5 Å². The number of hydrogen-bond acceptors (Lipinski definition) is 4. The maximum atomic E-state index is 11.6. The van der Waals surface area contributed by atoms with E-state index in [1.54, 1.807) is 54.9 Å². The lowest BCUT2D eigenvalue weighted by molar-refractivity contribution is -0.148. The Morgan fingerprint density at radius 3 is 2.58 bits per heavy atom. The van der Waals surface area contributed by atoms with Crippen LogP contribution in [0.1, 0.15) is 15.9 Å². The molecular formula is C14H12N2O3. The first-order chi connectivity index (χ1) is 9.25. The van der Waals surface area contributed by atoms with Gasteiger partial charge in [0.1, 0.15) is 0 Å². The van der Waals surface area contributed by atoms with Crippen LogP contribution in [0.3, 0.4) is 0 Å². The Kier molecular flexibility index (Phi) is 4.23. The third-order valence-corrected chi connectivity index (χ3v) is 2.36. The number of benzene rings is 1. The van der Waals surface area contributed by atoms with Gasteiger partial charge in [0.05, 0.1) is 6.42 Å². The van der Waals surface area contributed by atoms with Crippen LogP contribution in [0.15, 0.2) is 54.9 Å². The standard InChI is InChI=1S/C14H12N2O3/c17-13(9-11-5-4-8-15-10-11)19-16-14(18)12-6-2-1-3-7-12/h1-8,10H,9H2,(H,16,18). The van der Waals surface area contributed by atoms with Crippen molar-refractivity contribution >= 4 is 11.9 Å². The minimum Gasteiger partial charge on any atom is -0.340 e. The molecule has 0 spiro atoms. The quantitative estimate of drug-likeness (QED) is 0.845. The molecule has 0 unspecified atom stereocenters. The molecule has 0 aliphatic carbocycles. The first-order valence-electron chi connectivity index (χ1n) is 5.69. The van der Waals surface area contributed by atoms with E-state index in [1.165, 1.54) is 0 Å². The molecule has 0 bridgehead atoms. The van der Waals surface area contributed by atoms with E-state index in [-0.39, 0.29) is 6.42 Å². The molecule has 0 saturated heterocycles. The summed E-state index contributed by atoms with van der Waals surface area (Å²) in [6, 6.07) is 12.0.